The summed E-state index contributed by atoms with van der Waals surface area (Å²) >= 11 is 0. The molecule has 0 saturated carbocycles. The summed E-state index contributed by atoms with van der Waals surface area (Å²) in [6.45, 7) is 7.37. The van der Waals surface area contributed by atoms with E-state index in [1.54, 1.807) is 20.8 Å². The summed E-state index contributed by atoms with van der Waals surface area (Å²) in [6, 6.07) is 0. The van der Waals surface area contributed by atoms with Crippen molar-refractivity contribution in [3.8, 4) is 0 Å². The lowest BCUT2D eigenvalue weighted by atomic mass is 9.72. The molecule has 106 valence electrons. The first-order valence-electron chi connectivity index (χ1n) is 6.09. The molecule has 0 aliphatic carbocycles. The summed E-state index contributed by atoms with van der Waals surface area (Å²) in [5, 5.41) is 9.12. The van der Waals surface area contributed by atoms with E-state index in [2.05, 4.69) is 0 Å². The van der Waals surface area contributed by atoms with E-state index >= 15 is 0 Å². The van der Waals surface area contributed by atoms with Gasteiger partial charge in [-0.15, -0.1) is 0 Å². The van der Waals surface area contributed by atoms with Crippen LogP contribution in [0.2, 0.25) is 0 Å². The van der Waals surface area contributed by atoms with Crippen LogP contribution in [0.1, 0.15) is 40.5 Å². The molecule has 0 saturated heterocycles. The number of hydrogen-bond donors (Lipinski definition) is 1. The Morgan fingerprint density at radius 2 is 1.72 bits per heavy atom. The highest BCUT2D eigenvalue weighted by Gasteiger charge is 2.42. The summed E-state index contributed by atoms with van der Waals surface area (Å²) in [5.41, 5.74) is -1.74. The monoisotopic (exact) mass is 260 g/mol. The second-order valence-electron chi connectivity index (χ2n) is 5.41. The number of ether oxygens (including phenoxy) is 2. The van der Waals surface area contributed by atoms with Crippen molar-refractivity contribution < 1.29 is 24.2 Å². The number of hydrogen-bond acceptors (Lipinski definition) is 4. The molecule has 1 unspecified atom stereocenters. The summed E-state index contributed by atoms with van der Waals surface area (Å²) in [4.78, 5) is 23.1. The molecule has 1 N–H and O–H groups in total. The van der Waals surface area contributed by atoms with Gasteiger partial charge in [-0.05, 0) is 33.6 Å². The molecule has 0 aromatic heterocycles. The molecular formula is C13H24O5. The molecule has 0 bridgehead atoms. The van der Waals surface area contributed by atoms with E-state index in [1.165, 1.54) is 7.11 Å². The van der Waals surface area contributed by atoms with E-state index in [4.69, 9.17) is 14.6 Å². The van der Waals surface area contributed by atoms with Gasteiger partial charge in [-0.3, -0.25) is 9.59 Å². The summed E-state index contributed by atoms with van der Waals surface area (Å²) in [6.07, 6.45) is 0.785. The lowest BCUT2D eigenvalue weighted by Gasteiger charge is -2.32. The summed E-state index contributed by atoms with van der Waals surface area (Å²) in [5.74, 6) is -1.27. The van der Waals surface area contributed by atoms with Crippen molar-refractivity contribution >= 4 is 11.9 Å². The van der Waals surface area contributed by atoms with Gasteiger partial charge in [-0.2, -0.15) is 0 Å². The third kappa shape index (κ3) is 4.64. The van der Waals surface area contributed by atoms with Gasteiger partial charge in [0.25, 0.3) is 0 Å². The Morgan fingerprint density at radius 3 is 2.11 bits per heavy atom. The molecule has 0 aliphatic heterocycles. The maximum Gasteiger partial charge on any atom is 0.311 e. The molecule has 0 radical (unpaired) electrons. The Hall–Kier alpha value is -1.10. The van der Waals surface area contributed by atoms with Gasteiger partial charge in [-0.1, -0.05) is 6.92 Å². The van der Waals surface area contributed by atoms with Gasteiger partial charge < -0.3 is 14.6 Å². The minimum absolute atomic E-state index is 0.193. The predicted octanol–water partition coefficient (Wildman–Crippen LogP) is 2.09. The molecule has 0 aromatic carbocycles. The van der Waals surface area contributed by atoms with E-state index < -0.39 is 16.8 Å². The van der Waals surface area contributed by atoms with Crippen molar-refractivity contribution in [3.05, 3.63) is 0 Å². The molecule has 0 aromatic rings. The van der Waals surface area contributed by atoms with Gasteiger partial charge in [0, 0.05) is 7.11 Å². The fourth-order valence-corrected chi connectivity index (χ4v) is 1.78. The van der Waals surface area contributed by atoms with Crippen molar-refractivity contribution in [2.45, 2.75) is 40.5 Å². The first kappa shape index (κ1) is 16.9. The fraction of sp³-hybridized carbons (Fsp3) is 0.846. The molecule has 0 heterocycles. The van der Waals surface area contributed by atoms with Crippen molar-refractivity contribution in [2.24, 2.45) is 10.8 Å². The molecule has 5 nitrogen and oxygen atoms in total. The standard InChI is InChI=1S/C13H24O5/c1-6-13(4,9-12(2,3)10(14)15)11(16)18-8-7-17-5/h6-9H2,1-5H3,(H,14,15). The van der Waals surface area contributed by atoms with Crippen LogP contribution >= 0.6 is 0 Å². The third-order valence-electron chi connectivity index (χ3n) is 3.20. The van der Waals surface area contributed by atoms with Crippen LogP contribution in [-0.2, 0) is 19.1 Å². The van der Waals surface area contributed by atoms with Crippen LogP contribution in [0.4, 0.5) is 0 Å². The number of carbonyl (C=O) groups is 2. The minimum atomic E-state index is -0.953. The summed E-state index contributed by atoms with van der Waals surface area (Å²) < 4.78 is 9.91. The number of methoxy groups -OCH3 is 1. The second-order valence-corrected chi connectivity index (χ2v) is 5.41. The predicted molar refractivity (Wildman–Crippen MR) is 67.3 cm³/mol. The maximum atomic E-state index is 12.0. The topological polar surface area (TPSA) is 72.8 Å². The molecule has 5 heteroatoms. The number of esters is 1. The van der Waals surface area contributed by atoms with Gasteiger partial charge >= 0.3 is 11.9 Å². The van der Waals surface area contributed by atoms with Crippen molar-refractivity contribution in [1.29, 1.82) is 0 Å². The highest BCUT2D eigenvalue weighted by molar-refractivity contribution is 5.79. The number of aliphatic carboxylic acids is 1. The van der Waals surface area contributed by atoms with E-state index in [-0.39, 0.29) is 19.0 Å². The van der Waals surface area contributed by atoms with E-state index in [1.807, 2.05) is 6.92 Å². The molecular weight excluding hydrogens is 236 g/mol. The maximum absolute atomic E-state index is 12.0. The first-order chi connectivity index (χ1) is 8.19. The van der Waals surface area contributed by atoms with Gasteiger partial charge in [0.2, 0.25) is 0 Å². The van der Waals surface area contributed by atoms with Crippen LogP contribution in [0.3, 0.4) is 0 Å². The van der Waals surface area contributed by atoms with Crippen molar-refractivity contribution in [3.63, 3.8) is 0 Å². The Kier molecular flexibility index (Phi) is 6.32. The van der Waals surface area contributed by atoms with E-state index in [9.17, 15) is 9.59 Å². The first-order valence-corrected chi connectivity index (χ1v) is 6.09. The van der Waals surface area contributed by atoms with Gasteiger partial charge in [0.1, 0.15) is 6.61 Å². The minimum Gasteiger partial charge on any atom is -0.481 e. The number of carbonyl (C=O) groups excluding carboxylic acids is 1. The van der Waals surface area contributed by atoms with E-state index in [0.29, 0.717) is 13.0 Å². The van der Waals surface area contributed by atoms with Crippen LogP contribution in [0, 0.1) is 10.8 Å². The Bertz CT molecular complexity index is 298. The molecule has 0 spiro atoms. The van der Waals surface area contributed by atoms with Crippen LogP contribution in [0.25, 0.3) is 0 Å². The zero-order chi connectivity index (χ0) is 14.4. The van der Waals surface area contributed by atoms with Crippen molar-refractivity contribution in [1.82, 2.24) is 0 Å². The van der Waals surface area contributed by atoms with Crippen LogP contribution in [0.5, 0.6) is 0 Å². The number of rotatable bonds is 8. The Morgan fingerprint density at radius 1 is 1.17 bits per heavy atom. The lowest BCUT2D eigenvalue weighted by molar-refractivity contribution is -0.161. The highest BCUT2D eigenvalue weighted by atomic mass is 16.6. The molecule has 0 fully saturated rings. The fourth-order valence-electron chi connectivity index (χ4n) is 1.78. The molecule has 18 heavy (non-hydrogen) atoms. The highest BCUT2D eigenvalue weighted by Crippen LogP contribution is 2.37. The normalized spacial score (nSPS) is 14.9. The zero-order valence-electron chi connectivity index (χ0n) is 11.9. The second kappa shape index (κ2) is 6.73. The van der Waals surface area contributed by atoms with Crippen molar-refractivity contribution in [2.75, 3.05) is 20.3 Å². The SMILES string of the molecule is CCC(C)(CC(C)(C)C(=O)O)C(=O)OCCOC. The third-order valence-corrected chi connectivity index (χ3v) is 3.20. The van der Waals surface area contributed by atoms with Gasteiger partial charge in [0.05, 0.1) is 17.4 Å². The Balaban J connectivity index is 4.69. The van der Waals surface area contributed by atoms with Gasteiger partial charge in [0.15, 0.2) is 0 Å². The lowest BCUT2D eigenvalue weighted by Crippen LogP contribution is -2.38. The molecule has 0 amide bonds. The summed E-state index contributed by atoms with van der Waals surface area (Å²) in [7, 11) is 1.53. The largest absolute Gasteiger partial charge is 0.481 e. The number of carboxylic acids is 1. The quantitative estimate of drug-likeness (QED) is 0.534. The average Bonchev–Trinajstić information content (AvgIpc) is 2.28. The Labute approximate surface area is 108 Å². The molecule has 1 atom stereocenters. The van der Waals surface area contributed by atoms with E-state index in [0.717, 1.165) is 0 Å². The van der Waals surface area contributed by atoms with Crippen LogP contribution in [0.15, 0.2) is 0 Å². The zero-order valence-corrected chi connectivity index (χ0v) is 11.9. The van der Waals surface area contributed by atoms with Crippen LogP contribution < -0.4 is 0 Å². The average molecular weight is 260 g/mol. The van der Waals surface area contributed by atoms with Crippen LogP contribution in [-0.4, -0.2) is 37.4 Å². The van der Waals surface area contributed by atoms with Gasteiger partial charge in [-0.25, -0.2) is 0 Å². The smallest absolute Gasteiger partial charge is 0.311 e. The number of carboxylic acid groups (broad SMARTS) is 1. The molecule has 0 rings (SSSR count). The molecule has 0 aliphatic rings.